The van der Waals surface area contributed by atoms with Gasteiger partial charge in [0.25, 0.3) is 0 Å². The van der Waals surface area contributed by atoms with Crippen LogP contribution in [0.25, 0.3) is 0 Å². The molecule has 0 saturated carbocycles. The van der Waals surface area contributed by atoms with Crippen LogP contribution in [0.3, 0.4) is 0 Å². The number of nitrogens with two attached hydrogens (primary N) is 1. The zero-order valence-corrected chi connectivity index (χ0v) is 13.6. The molecule has 1 unspecified atom stereocenters. The van der Waals surface area contributed by atoms with Gasteiger partial charge in [0.1, 0.15) is 11.5 Å². The van der Waals surface area contributed by atoms with E-state index in [1.807, 2.05) is 18.2 Å². The molecule has 4 nitrogen and oxygen atoms in total. The summed E-state index contributed by atoms with van der Waals surface area (Å²) in [7, 11) is 5.45. The molecule has 0 amide bonds. The maximum atomic E-state index is 6.02. The Morgan fingerprint density at radius 3 is 2.35 bits per heavy atom. The molecule has 0 bridgehead atoms. The van der Waals surface area contributed by atoms with Crippen molar-refractivity contribution in [1.82, 2.24) is 4.90 Å². The first-order chi connectivity index (χ1) is 9.41. The van der Waals surface area contributed by atoms with Crippen LogP contribution in [0, 0.1) is 0 Å². The summed E-state index contributed by atoms with van der Waals surface area (Å²) in [4.78, 5) is 2.32. The summed E-state index contributed by atoms with van der Waals surface area (Å²) in [6, 6.07) is 6.01. The van der Waals surface area contributed by atoms with Crippen LogP contribution in [0.1, 0.15) is 38.8 Å². The predicted molar refractivity (Wildman–Crippen MR) is 83.5 cm³/mol. The van der Waals surface area contributed by atoms with Crippen molar-refractivity contribution < 1.29 is 9.47 Å². The van der Waals surface area contributed by atoms with Crippen molar-refractivity contribution in [2.45, 2.75) is 38.8 Å². The molecule has 0 fully saturated rings. The van der Waals surface area contributed by atoms with Crippen LogP contribution < -0.4 is 15.2 Å². The van der Waals surface area contributed by atoms with Gasteiger partial charge >= 0.3 is 0 Å². The second-order valence-electron chi connectivity index (χ2n) is 5.64. The largest absolute Gasteiger partial charge is 0.497 e. The lowest BCUT2D eigenvalue weighted by Gasteiger charge is -2.41. The fourth-order valence-electron chi connectivity index (χ4n) is 2.26. The van der Waals surface area contributed by atoms with Gasteiger partial charge in [0.15, 0.2) is 0 Å². The summed E-state index contributed by atoms with van der Waals surface area (Å²) in [5.74, 6) is 1.61. The molecule has 0 aromatic heterocycles. The standard InChI is InChI=1S/C16H28N2O2/c1-7-16(2,3)18(4)14(11-17)13-9-8-12(19-5)10-15(13)20-6/h8-10,14H,7,11,17H2,1-6H3. The van der Waals surface area contributed by atoms with E-state index < -0.39 is 0 Å². The van der Waals surface area contributed by atoms with Gasteiger partial charge in [-0.3, -0.25) is 4.90 Å². The first-order valence-electron chi connectivity index (χ1n) is 7.06. The molecule has 0 aliphatic heterocycles. The highest BCUT2D eigenvalue weighted by Crippen LogP contribution is 2.35. The third kappa shape index (κ3) is 3.44. The normalized spacial score (nSPS) is 13.4. The van der Waals surface area contributed by atoms with Crippen LogP contribution >= 0.6 is 0 Å². The van der Waals surface area contributed by atoms with Gasteiger partial charge in [-0.2, -0.15) is 0 Å². The van der Waals surface area contributed by atoms with Gasteiger partial charge in [-0.05, 0) is 33.4 Å². The molecule has 0 radical (unpaired) electrons. The fourth-order valence-corrected chi connectivity index (χ4v) is 2.26. The summed E-state index contributed by atoms with van der Waals surface area (Å²) >= 11 is 0. The lowest BCUT2D eigenvalue weighted by Crippen LogP contribution is -2.45. The van der Waals surface area contributed by atoms with E-state index in [1.165, 1.54) is 0 Å². The van der Waals surface area contributed by atoms with E-state index in [2.05, 4.69) is 32.7 Å². The van der Waals surface area contributed by atoms with Crippen molar-refractivity contribution in [2.75, 3.05) is 27.8 Å². The van der Waals surface area contributed by atoms with E-state index in [0.717, 1.165) is 23.5 Å². The second-order valence-corrected chi connectivity index (χ2v) is 5.64. The third-order valence-corrected chi connectivity index (χ3v) is 4.31. The maximum Gasteiger partial charge on any atom is 0.127 e. The minimum absolute atomic E-state index is 0.0783. The highest BCUT2D eigenvalue weighted by Gasteiger charge is 2.29. The molecule has 1 aromatic carbocycles. The monoisotopic (exact) mass is 280 g/mol. The highest BCUT2D eigenvalue weighted by atomic mass is 16.5. The van der Waals surface area contributed by atoms with E-state index in [9.17, 15) is 0 Å². The van der Waals surface area contributed by atoms with Crippen LogP contribution in [0.2, 0.25) is 0 Å². The SMILES string of the molecule is CCC(C)(C)N(C)C(CN)c1ccc(OC)cc1OC. The van der Waals surface area contributed by atoms with Crippen LogP contribution in [0.15, 0.2) is 18.2 Å². The Labute approximate surface area is 122 Å². The summed E-state index contributed by atoms with van der Waals surface area (Å²) in [5.41, 5.74) is 7.20. The number of hydrogen-bond donors (Lipinski definition) is 1. The zero-order chi connectivity index (χ0) is 15.3. The summed E-state index contributed by atoms with van der Waals surface area (Å²) in [5, 5.41) is 0. The molecule has 20 heavy (non-hydrogen) atoms. The van der Waals surface area contributed by atoms with Gasteiger partial charge in [0, 0.05) is 23.7 Å². The molecular formula is C16H28N2O2. The Morgan fingerprint density at radius 1 is 1.25 bits per heavy atom. The number of nitrogens with zero attached hydrogens (tertiary/aromatic N) is 1. The number of rotatable bonds is 7. The molecule has 1 atom stereocenters. The van der Waals surface area contributed by atoms with E-state index in [0.29, 0.717) is 6.54 Å². The first-order valence-corrected chi connectivity index (χ1v) is 7.06. The summed E-state index contributed by atoms with van der Waals surface area (Å²) in [6.45, 7) is 7.19. The third-order valence-electron chi connectivity index (χ3n) is 4.31. The van der Waals surface area contributed by atoms with E-state index in [4.69, 9.17) is 15.2 Å². The van der Waals surface area contributed by atoms with Crippen LogP contribution in [0.4, 0.5) is 0 Å². The van der Waals surface area contributed by atoms with E-state index in [-0.39, 0.29) is 11.6 Å². The maximum absolute atomic E-state index is 6.02. The van der Waals surface area contributed by atoms with Gasteiger partial charge in [-0.25, -0.2) is 0 Å². The minimum Gasteiger partial charge on any atom is -0.497 e. The number of likely N-dealkylation sites (N-methyl/N-ethyl adjacent to an activating group) is 1. The minimum atomic E-state index is 0.0783. The van der Waals surface area contributed by atoms with Crippen LogP contribution in [-0.2, 0) is 0 Å². The molecule has 0 spiro atoms. The average Bonchev–Trinajstić information content (AvgIpc) is 2.47. The highest BCUT2D eigenvalue weighted by molar-refractivity contribution is 5.42. The molecule has 1 aromatic rings. The van der Waals surface area contributed by atoms with Gasteiger partial charge in [-0.15, -0.1) is 0 Å². The van der Waals surface area contributed by atoms with Crippen molar-refractivity contribution in [2.24, 2.45) is 5.73 Å². The smallest absolute Gasteiger partial charge is 0.127 e. The van der Waals surface area contributed by atoms with Crippen molar-refractivity contribution >= 4 is 0 Å². The second kappa shape index (κ2) is 6.95. The number of ether oxygens (including phenoxy) is 2. The molecule has 4 heteroatoms. The van der Waals surface area contributed by atoms with E-state index >= 15 is 0 Å². The van der Waals surface area contributed by atoms with Gasteiger partial charge < -0.3 is 15.2 Å². The van der Waals surface area contributed by atoms with Gasteiger partial charge in [-0.1, -0.05) is 13.0 Å². The molecule has 0 aliphatic rings. The van der Waals surface area contributed by atoms with Gasteiger partial charge in [0.05, 0.1) is 20.3 Å². The van der Waals surface area contributed by atoms with Crippen molar-refractivity contribution in [3.63, 3.8) is 0 Å². The number of methoxy groups -OCH3 is 2. The summed E-state index contributed by atoms with van der Waals surface area (Å²) < 4.78 is 10.8. The summed E-state index contributed by atoms with van der Waals surface area (Å²) in [6.07, 6.45) is 1.05. The van der Waals surface area contributed by atoms with Gasteiger partial charge in [0.2, 0.25) is 0 Å². The zero-order valence-electron chi connectivity index (χ0n) is 13.6. The Balaban J connectivity index is 3.18. The molecule has 0 heterocycles. The Bertz CT molecular complexity index is 432. The number of benzene rings is 1. The first kappa shape index (κ1) is 16.8. The molecule has 2 N–H and O–H groups in total. The molecule has 1 rings (SSSR count). The lowest BCUT2D eigenvalue weighted by atomic mass is 9.94. The van der Waals surface area contributed by atoms with Crippen LogP contribution in [0.5, 0.6) is 11.5 Å². The predicted octanol–water partition coefficient (Wildman–Crippen LogP) is 2.82. The Morgan fingerprint density at radius 2 is 1.90 bits per heavy atom. The Kier molecular flexibility index (Phi) is 5.84. The fraction of sp³-hybridized carbons (Fsp3) is 0.625. The molecule has 0 aliphatic carbocycles. The average molecular weight is 280 g/mol. The van der Waals surface area contributed by atoms with Crippen molar-refractivity contribution in [1.29, 1.82) is 0 Å². The molecule has 0 saturated heterocycles. The number of hydrogen-bond acceptors (Lipinski definition) is 4. The molecule has 114 valence electrons. The quantitative estimate of drug-likeness (QED) is 0.834. The van der Waals surface area contributed by atoms with Crippen LogP contribution in [-0.4, -0.2) is 38.3 Å². The topological polar surface area (TPSA) is 47.7 Å². The van der Waals surface area contributed by atoms with E-state index in [1.54, 1.807) is 14.2 Å². The van der Waals surface area contributed by atoms with Crippen molar-refractivity contribution in [3.8, 4) is 11.5 Å². The molecular weight excluding hydrogens is 252 g/mol. The Hall–Kier alpha value is -1.26. The van der Waals surface area contributed by atoms with Crippen molar-refractivity contribution in [3.05, 3.63) is 23.8 Å². The lowest BCUT2D eigenvalue weighted by molar-refractivity contribution is 0.0989.